The first-order chi connectivity index (χ1) is 14.2. The predicted molar refractivity (Wildman–Crippen MR) is 127 cm³/mol. The molecular formula is C20H29ClIN5O3. The van der Waals surface area contributed by atoms with Gasteiger partial charge in [-0.3, -0.25) is 4.99 Å². The van der Waals surface area contributed by atoms with Crippen LogP contribution in [0.5, 0.6) is 0 Å². The van der Waals surface area contributed by atoms with Gasteiger partial charge in [-0.2, -0.15) is 4.98 Å². The molecule has 1 fully saturated rings. The van der Waals surface area contributed by atoms with Crippen LogP contribution in [0.2, 0.25) is 5.02 Å². The smallest absolute Gasteiger partial charge is 0.246 e. The zero-order chi connectivity index (χ0) is 20.5. The average Bonchev–Trinajstić information content (AvgIpc) is 3.22. The lowest BCUT2D eigenvalue weighted by Gasteiger charge is -2.34. The van der Waals surface area contributed by atoms with Crippen LogP contribution in [0, 0.1) is 0 Å². The van der Waals surface area contributed by atoms with Crippen LogP contribution in [-0.4, -0.2) is 67.6 Å². The topological polar surface area (TPSA) is 85.0 Å². The molecule has 1 saturated heterocycles. The Morgan fingerprint density at radius 3 is 2.83 bits per heavy atom. The van der Waals surface area contributed by atoms with Crippen LogP contribution in [0.15, 0.2) is 33.8 Å². The van der Waals surface area contributed by atoms with Crippen LogP contribution in [0.4, 0.5) is 0 Å². The van der Waals surface area contributed by atoms with Crippen molar-refractivity contribution >= 4 is 41.5 Å². The molecule has 0 amide bonds. The van der Waals surface area contributed by atoms with Crippen molar-refractivity contribution in [1.29, 1.82) is 0 Å². The van der Waals surface area contributed by atoms with Gasteiger partial charge in [-0.1, -0.05) is 28.9 Å². The number of hydrogen-bond donors (Lipinski definition) is 1. The molecule has 2 heterocycles. The lowest BCUT2D eigenvalue weighted by molar-refractivity contribution is 0.00987. The van der Waals surface area contributed by atoms with Gasteiger partial charge in [-0.05, 0) is 31.4 Å². The Labute approximate surface area is 199 Å². The molecule has 0 spiro atoms. The number of benzene rings is 1. The van der Waals surface area contributed by atoms with E-state index in [1.807, 2.05) is 24.3 Å². The molecule has 1 N–H and O–H groups in total. The van der Waals surface area contributed by atoms with Gasteiger partial charge in [0.25, 0.3) is 0 Å². The molecule has 0 aliphatic carbocycles. The first-order valence-corrected chi connectivity index (χ1v) is 10.2. The zero-order valence-electron chi connectivity index (χ0n) is 17.3. The van der Waals surface area contributed by atoms with Crippen molar-refractivity contribution < 1.29 is 14.0 Å². The number of piperidine rings is 1. The van der Waals surface area contributed by atoms with E-state index in [4.69, 9.17) is 25.6 Å². The van der Waals surface area contributed by atoms with E-state index in [2.05, 4.69) is 25.3 Å². The van der Waals surface area contributed by atoms with Crippen molar-refractivity contribution in [2.75, 3.05) is 40.5 Å². The number of aliphatic imine (C=N–C) groups is 1. The van der Waals surface area contributed by atoms with E-state index in [0.717, 1.165) is 57.1 Å². The summed E-state index contributed by atoms with van der Waals surface area (Å²) in [6.07, 6.45) is 3.19. The Hall–Kier alpha value is -1.43. The fraction of sp³-hybridized carbons (Fsp3) is 0.550. The monoisotopic (exact) mass is 549 g/mol. The van der Waals surface area contributed by atoms with E-state index in [-0.39, 0.29) is 24.0 Å². The summed E-state index contributed by atoms with van der Waals surface area (Å²) in [5, 5.41) is 7.97. The number of methoxy groups -OCH3 is 1. The minimum Gasteiger partial charge on any atom is -0.385 e. The molecule has 1 aromatic heterocycles. The van der Waals surface area contributed by atoms with Crippen molar-refractivity contribution in [2.24, 2.45) is 4.99 Å². The predicted octanol–water partition coefficient (Wildman–Crippen LogP) is 3.60. The molecule has 0 saturated carbocycles. The third kappa shape index (κ3) is 7.36. The molecule has 8 nitrogen and oxygen atoms in total. The molecule has 1 aliphatic heterocycles. The number of hydrogen-bond acceptors (Lipinski definition) is 6. The van der Waals surface area contributed by atoms with Gasteiger partial charge in [0.15, 0.2) is 5.96 Å². The Morgan fingerprint density at radius 1 is 1.33 bits per heavy atom. The highest BCUT2D eigenvalue weighted by Gasteiger charge is 2.22. The fourth-order valence-corrected chi connectivity index (χ4v) is 3.44. The second kappa shape index (κ2) is 13.1. The zero-order valence-corrected chi connectivity index (χ0v) is 20.4. The summed E-state index contributed by atoms with van der Waals surface area (Å²) in [5.41, 5.74) is 0.824. The van der Waals surface area contributed by atoms with E-state index in [1.54, 1.807) is 14.2 Å². The fourth-order valence-electron chi connectivity index (χ4n) is 3.25. The van der Waals surface area contributed by atoms with E-state index in [9.17, 15) is 0 Å². The highest BCUT2D eigenvalue weighted by Crippen LogP contribution is 2.20. The molecule has 0 unspecified atom stereocenters. The highest BCUT2D eigenvalue weighted by molar-refractivity contribution is 14.0. The van der Waals surface area contributed by atoms with Crippen molar-refractivity contribution in [3.8, 4) is 11.4 Å². The van der Waals surface area contributed by atoms with Gasteiger partial charge < -0.3 is 24.2 Å². The van der Waals surface area contributed by atoms with Gasteiger partial charge in [0.05, 0.1) is 12.6 Å². The quantitative estimate of drug-likeness (QED) is 0.233. The maximum Gasteiger partial charge on any atom is 0.246 e. The van der Waals surface area contributed by atoms with E-state index in [1.165, 1.54) is 0 Å². The number of ether oxygens (including phenoxy) is 2. The van der Waals surface area contributed by atoms with Crippen molar-refractivity contribution in [3.63, 3.8) is 0 Å². The summed E-state index contributed by atoms with van der Waals surface area (Å²) in [4.78, 5) is 11.0. The lowest BCUT2D eigenvalue weighted by atomic mass is 10.1. The molecule has 2 aromatic rings. The molecule has 30 heavy (non-hydrogen) atoms. The maximum atomic E-state index is 6.03. The Balaban J connectivity index is 0.00000320. The summed E-state index contributed by atoms with van der Waals surface area (Å²) >= 11 is 6.03. The standard InChI is InChI=1S/C20H28ClN5O3.HI/c1-22-20(26-9-7-17(8-10-26)28-12-4-11-27-2)23-14-18-24-19(25-29-18)15-5-3-6-16(21)13-15;/h3,5-6,13,17H,4,7-12,14H2,1-2H3,(H,22,23);1H. The normalized spacial score (nSPS) is 15.2. The molecule has 166 valence electrons. The summed E-state index contributed by atoms with van der Waals surface area (Å²) in [5.74, 6) is 1.84. The Kier molecular flexibility index (Phi) is 10.8. The van der Waals surface area contributed by atoms with Crippen molar-refractivity contribution in [2.45, 2.75) is 31.9 Å². The third-order valence-corrected chi connectivity index (χ3v) is 4.98. The first kappa shape index (κ1) is 24.8. The third-order valence-electron chi connectivity index (χ3n) is 4.75. The van der Waals surface area contributed by atoms with Gasteiger partial charge >= 0.3 is 0 Å². The molecule has 3 rings (SSSR count). The van der Waals surface area contributed by atoms with E-state index >= 15 is 0 Å². The molecule has 1 aliphatic rings. The number of guanidine groups is 1. The Bertz CT molecular complexity index is 796. The summed E-state index contributed by atoms with van der Waals surface area (Å²) in [6.45, 7) is 3.69. The second-order valence-electron chi connectivity index (χ2n) is 6.83. The molecular weight excluding hydrogens is 521 g/mol. The first-order valence-electron chi connectivity index (χ1n) is 9.84. The van der Waals surface area contributed by atoms with Crippen molar-refractivity contribution in [1.82, 2.24) is 20.4 Å². The van der Waals surface area contributed by atoms with Gasteiger partial charge in [0.1, 0.15) is 0 Å². The number of rotatable bonds is 8. The van der Waals surface area contributed by atoms with Crippen LogP contribution in [0.3, 0.4) is 0 Å². The maximum absolute atomic E-state index is 6.03. The van der Waals surface area contributed by atoms with E-state index in [0.29, 0.717) is 29.4 Å². The molecule has 10 heteroatoms. The van der Waals surface area contributed by atoms with Gasteiger partial charge in [0, 0.05) is 51.0 Å². The van der Waals surface area contributed by atoms with Crippen LogP contribution in [0.1, 0.15) is 25.2 Å². The SMILES string of the molecule is CN=C(NCc1nc(-c2cccc(Cl)c2)no1)N1CCC(OCCCOC)CC1.I. The minimum atomic E-state index is 0. The second-order valence-corrected chi connectivity index (χ2v) is 7.26. The summed E-state index contributed by atoms with van der Waals surface area (Å²) < 4.78 is 16.3. The summed E-state index contributed by atoms with van der Waals surface area (Å²) in [6, 6.07) is 7.38. The van der Waals surface area contributed by atoms with Crippen LogP contribution in [0.25, 0.3) is 11.4 Å². The van der Waals surface area contributed by atoms with Gasteiger partial charge in [-0.25, -0.2) is 0 Å². The number of likely N-dealkylation sites (tertiary alicyclic amines) is 1. The van der Waals surface area contributed by atoms with Gasteiger partial charge in [0.2, 0.25) is 11.7 Å². The molecule has 0 bridgehead atoms. The molecule has 0 radical (unpaired) electrons. The molecule has 1 aromatic carbocycles. The number of nitrogens with one attached hydrogen (secondary N) is 1. The average molecular weight is 550 g/mol. The highest BCUT2D eigenvalue weighted by atomic mass is 127. The van der Waals surface area contributed by atoms with Crippen LogP contribution in [-0.2, 0) is 16.0 Å². The van der Waals surface area contributed by atoms with Crippen molar-refractivity contribution in [3.05, 3.63) is 35.2 Å². The number of nitrogens with zero attached hydrogens (tertiary/aromatic N) is 4. The van der Waals surface area contributed by atoms with E-state index < -0.39 is 0 Å². The molecule has 0 atom stereocenters. The summed E-state index contributed by atoms with van der Waals surface area (Å²) in [7, 11) is 3.49. The minimum absolute atomic E-state index is 0. The lowest BCUT2D eigenvalue weighted by Crippen LogP contribution is -2.46. The largest absolute Gasteiger partial charge is 0.385 e. The van der Waals surface area contributed by atoms with Gasteiger partial charge in [-0.15, -0.1) is 24.0 Å². The Morgan fingerprint density at radius 2 is 2.13 bits per heavy atom. The number of halogens is 2. The van der Waals surface area contributed by atoms with Crippen LogP contribution < -0.4 is 5.32 Å². The van der Waals surface area contributed by atoms with Crippen LogP contribution >= 0.6 is 35.6 Å². The number of aromatic nitrogens is 2.